The van der Waals surface area contributed by atoms with Crippen LogP contribution in [0.1, 0.15) is 22.1 Å². The summed E-state index contributed by atoms with van der Waals surface area (Å²) in [6.07, 6.45) is 1.22. The van der Waals surface area contributed by atoms with E-state index in [4.69, 9.17) is 11.6 Å². The van der Waals surface area contributed by atoms with Gasteiger partial charge in [0.25, 0.3) is 11.6 Å². The number of amides is 1. The normalized spacial score (nSPS) is 18.0. The van der Waals surface area contributed by atoms with Gasteiger partial charge in [0, 0.05) is 30.7 Å². The van der Waals surface area contributed by atoms with Gasteiger partial charge in [0.05, 0.1) is 17.2 Å². The standard InChI is InChI=1S/C15H15ClN4O3/c16-12-4-2-1-3-11(12)14-9-17-5-6-19(14)15(21)13-7-10(8-18-13)20(22)23/h1-4,7-8,14,17-18H,5-6,9H2. The fraction of sp³-hybridized carbons (Fsp3) is 0.267. The van der Waals surface area contributed by atoms with Gasteiger partial charge >= 0.3 is 0 Å². The first kappa shape index (κ1) is 15.5. The molecule has 7 nitrogen and oxygen atoms in total. The third-order valence-corrected chi connectivity index (χ3v) is 4.22. The molecule has 8 heteroatoms. The van der Waals surface area contributed by atoms with Crippen molar-refractivity contribution < 1.29 is 9.72 Å². The summed E-state index contributed by atoms with van der Waals surface area (Å²) in [5, 5.41) is 14.6. The van der Waals surface area contributed by atoms with Crippen LogP contribution in [-0.2, 0) is 0 Å². The monoisotopic (exact) mass is 334 g/mol. The third-order valence-electron chi connectivity index (χ3n) is 3.88. The molecule has 2 heterocycles. The molecule has 1 amide bonds. The number of carbonyl (C=O) groups excluding carboxylic acids is 1. The zero-order chi connectivity index (χ0) is 16.4. The molecule has 0 radical (unpaired) electrons. The number of piperazine rings is 1. The fourth-order valence-electron chi connectivity index (χ4n) is 2.74. The number of H-pyrrole nitrogens is 1. The van der Waals surface area contributed by atoms with Crippen LogP contribution in [0.3, 0.4) is 0 Å². The minimum atomic E-state index is -0.531. The maximum atomic E-state index is 12.7. The lowest BCUT2D eigenvalue weighted by Gasteiger charge is -2.36. The van der Waals surface area contributed by atoms with E-state index in [1.54, 1.807) is 11.0 Å². The molecule has 0 spiro atoms. The fourth-order valence-corrected chi connectivity index (χ4v) is 3.00. The highest BCUT2D eigenvalue weighted by Crippen LogP contribution is 2.29. The number of hydrogen-bond acceptors (Lipinski definition) is 4. The molecule has 3 rings (SSSR count). The van der Waals surface area contributed by atoms with Gasteiger partial charge < -0.3 is 15.2 Å². The molecule has 1 aromatic heterocycles. The Balaban J connectivity index is 1.90. The molecule has 1 unspecified atom stereocenters. The second-order valence-electron chi connectivity index (χ2n) is 5.27. The van der Waals surface area contributed by atoms with Gasteiger partial charge in [-0.05, 0) is 11.6 Å². The van der Waals surface area contributed by atoms with Gasteiger partial charge in [0.2, 0.25) is 0 Å². The van der Waals surface area contributed by atoms with Crippen LogP contribution < -0.4 is 5.32 Å². The van der Waals surface area contributed by atoms with Gasteiger partial charge in [-0.15, -0.1) is 0 Å². The Labute approximate surface area is 137 Å². The summed E-state index contributed by atoms with van der Waals surface area (Å²) >= 11 is 6.26. The lowest BCUT2D eigenvalue weighted by molar-refractivity contribution is -0.384. The highest BCUT2D eigenvalue weighted by atomic mass is 35.5. The molecule has 2 aromatic rings. The molecular formula is C15H15ClN4O3. The molecule has 1 aliphatic heterocycles. The minimum absolute atomic E-state index is 0.127. The number of hydrogen-bond donors (Lipinski definition) is 2. The lowest BCUT2D eigenvalue weighted by atomic mass is 10.0. The Bertz CT molecular complexity index is 746. The topological polar surface area (TPSA) is 91.3 Å². The summed E-state index contributed by atoms with van der Waals surface area (Å²) < 4.78 is 0. The number of nitrogens with zero attached hydrogens (tertiary/aromatic N) is 2. The van der Waals surface area contributed by atoms with E-state index >= 15 is 0 Å². The number of halogens is 1. The SMILES string of the molecule is O=C(c1cc([N+](=O)[O-])c[nH]1)N1CCNCC1c1ccccc1Cl. The van der Waals surface area contributed by atoms with Gasteiger partial charge in [-0.3, -0.25) is 14.9 Å². The number of carbonyl (C=O) groups is 1. The van der Waals surface area contributed by atoms with Crippen molar-refractivity contribution in [2.45, 2.75) is 6.04 Å². The second-order valence-corrected chi connectivity index (χ2v) is 5.68. The number of aromatic nitrogens is 1. The Morgan fingerprint density at radius 2 is 2.17 bits per heavy atom. The molecule has 1 aromatic carbocycles. The van der Waals surface area contributed by atoms with Crippen LogP contribution in [-0.4, -0.2) is 40.3 Å². The van der Waals surface area contributed by atoms with E-state index in [0.29, 0.717) is 24.7 Å². The van der Waals surface area contributed by atoms with Crippen molar-refractivity contribution >= 4 is 23.2 Å². The molecule has 0 bridgehead atoms. The van der Waals surface area contributed by atoms with Gasteiger partial charge in [0.15, 0.2) is 0 Å². The Morgan fingerprint density at radius 3 is 2.87 bits per heavy atom. The zero-order valence-electron chi connectivity index (χ0n) is 12.2. The molecule has 1 saturated heterocycles. The van der Waals surface area contributed by atoms with Crippen molar-refractivity contribution in [3.05, 3.63) is 62.9 Å². The van der Waals surface area contributed by atoms with Crippen molar-refractivity contribution in [2.24, 2.45) is 0 Å². The highest BCUT2D eigenvalue weighted by molar-refractivity contribution is 6.31. The predicted octanol–water partition coefficient (Wildman–Crippen LogP) is 2.36. The van der Waals surface area contributed by atoms with Crippen LogP contribution in [0.2, 0.25) is 5.02 Å². The first-order valence-corrected chi connectivity index (χ1v) is 7.54. The molecule has 2 N–H and O–H groups in total. The van der Waals surface area contributed by atoms with Crippen molar-refractivity contribution in [1.29, 1.82) is 0 Å². The maximum absolute atomic E-state index is 12.7. The van der Waals surface area contributed by atoms with E-state index in [2.05, 4.69) is 10.3 Å². The molecule has 0 saturated carbocycles. The van der Waals surface area contributed by atoms with Crippen LogP contribution in [0.25, 0.3) is 0 Å². The predicted molar refractivity (Wildman–Crippen MR) is 85.5 cm³/mol. The minimum Gasteiger partial charge on any atom is -0.351 e. The second kappa shape index (κ2) is 6.39. The summed E-state index contributed by atoms with van der Waals surface area (Å²) in [5.41, 5.74) is 0.934. The average Bonchev–Trinajstić information content (AvgIpc) is 3.05. The van der Waals surface area contributed by atoms with Crippen molar-refractivity contribution in [1.82, 2.24) is 15.2 Å². The summed E-state index contributed by atoms with van der Waals surface area (Å²) in [5.74, 6) is -0.274. The number of benzene rings is 1. The van der Waals surface area contributed by atoms with E-state index in [9.17, 15) is 14.9 Å². The molecule has 0 aliphatic carbocycles. The summed E-state index contributed by atoms with van der Waals surface area (Å²) in [6.45, 7) is 1.75. The quantitative estimate of drug-likeness (QED) is 0.666. The molecule has 120 valence electrons. The molecule has 1 atom stereocenters. The zero-order valence-corrected chi connectivity index (χ0v) is 12.9. The summed E-state index contributed by atoms with van der Waals surface area (Å²) in [4.78, 5) is 27.3. The number of rotatable bonds is 3. The Hall–Kier alpha value is -2.38. The highest BCUT2D eigenvalue weighted by Gasteiger charge is 2.31. The Morgan fingerprint density at radius 1 is 1.39 bits per heavy atom. The first-order chi connectivity index (χ1) is 11.1. The molecular weight excluding hydrogens is 320 g/mol. The van der Waals surface area contributed by atoms with Gasteiger partial charge in [-0.2, -0.15) is 0 Å². The van der Waals surface area contributed by atoms with Crippen LogP contribution in [0.15, 0.2) is 36.5 Å². The van der Waals surface area contributed by atoms with E-state index in [-0.39, 0.29) is 23.3 Å². The van der Waals surface area contributed by atoms with Gasteiger partial charge in [-0.25, -0.2) is 0 Å². The lowest BCUT2D eigenvalue weighted by Crippen LogP contribution is -2.48. The number of nitro groups is 1. The van der Waals surface area contributed by atoms with Crippen LogP contribution in [0.5, 0.6) is 0 Å². The number of aromatic amines is 1. The molecule has 1 fully saturated rings. The Kier molecular flexibility index (Phi) is 4.31. The first-order valence-electron chi connectivity index (χ1n) is 7.17. The third kappa shape index (κ3) is 3.06. The van der Waals surface area contributed by atoms with E-state index in [0.717, 1.165) is 5.56 Å². The van der Waals surface area contributed by atoms with E-state index < -0.39 is 4.92 Å². The van der Waals surface area contributed by atoms with E-state index in [1.165, 1.54) is 12.3 Å². The average molecular weight is 335 g/mol. The van der Waals surface area contributed by atoms with Gasteiger partial charge in [0.1, 0.15) is 5.69 Å². The largest absolute Gasteiger partial charge is 0.351 e. The van der Waals surface area contributed by atoms with Crippen molar-refractivity contribution in [3.8, 4) is 0 Å². The summed E-state index contributed by atoms with van der Waals surface area (Å²) in [6, 6.07) is 8.42. The summed E-state index contributed by atoms with van der Waals surface area (Å²) in [7, 11) is 0. The number of nitrogens with one attached hydrogen (secondary N) is 2. The van der Waals surface area contributed by atoms with E-state index in [1.807, 2.05) is 18.2 Å². The van der Waals surface area contributed by atoms with Crippen molar-refractivity contribution in [3.63, 3.8) is 0 Å². The van der Waals surface area contributed by atoms with Gasteiger partial charge in [-0.1, -0.05) is 29.8 Å². The smallest absolute Gasteiger partial charge is 0.287 e. The maximum Gasteiger partial charge on any atom is 0.287 e. The van der Waals surface area contributed by atoms with Crippen LogP contribution >= 0.6 is 11.6 Å². The molecule has 1 aliphatic rings. The van der Waals surface area contributed by atoms with Crippen LogP contribution in [0.4, 0.5) is 5.69 Å². The van der Waals surface area contributed by atoms with Crippen molar-refractivity contribution in [2.75, 3.05) is 19.6 Å². The van der Waals surface area contributed by atoms with Crippen LogP contribution in [0, 0.1) is 10.1 Å². The molecule has 23 heavy (non-hydrogen) atoms.